The van der Waals surface area contributed by atoms with Crippen LogP contribution in [0.4, 0.5) is 0 Å². The van der Waals surface area contributed by atoms with E-state index in [2.05, 4.69) is 6.92 Å². The van der Waals surface area contributed by atoms with Crippen LogP contribution < -0.4 is 0 Å². The van der Waals surface area contributed by atoms with Gasteiger partial charge < -0.3 is 5.11 Å². The number of rotatable bonds is 2. The molecule has 1 nitrogen and oxygen atoms in total. The summed E-state index contributed by atoms with van der Waals surface area (Å²) >= 11 is 5.76. The van der Waals surface area contributed by atoms with Gasteiger partial charge in [-0.2, -0.15) is 0 Å². The van der Waals surface area contributed by atoms with Crippen molar-refractivity contribution in [3.05, 3.63) is 28.3 Å². The standard InChI is InChI=1S/C10H13ClO/c1-3-4-9-7(2)5-8(11)6-10(9)12/h5-6,12H,3-4H2,1-2H3. The van der Waals surface area contributed by atoms with E-state index >= 15 is 0 Å². The molecule has 66 valence electrons. The Bertz CT molecular complexity index is 258. The van der Waals surface area contributed by atoms with Crippen LogP contribution in [-0.2, 0) is 6.42 Å². The molecule has 0 amide bonds. The van der Waals surface area contributed by atoms with Crippen molar-refractivity contribution in [3.8, 4) is 5.75 Å². The fraction of sp³-hybridized carbons (Fsp3) is 0.400. The number of aryl methyl sites for hydroxylation is 1. The molecule has 0 bridgehead atoms. The minimum Gasteiger partial charge on any atom is -0.508 e. The van der Waals surface area contributed by atoms with E-state index in [4.69, 9.17) is 11.6 Å². The second-order valence-corrected chi connectivity index (χ2v) is 3.41. The molecular weight excluding hydrogens is 172 g/mol. The second kappa shape index (κ2) is 3.81. The van der Waals surface area contributed by atoms with Gasteiger partial charge in [0.15, 0.2) is 0 Å². The molecule has 0 aliphatic rings. The predicted octanol–water partition coefficient (Wildman–Crippen LogP) is 3.31. The van der Waals surface area contributed by atoms with Crippen LogP contribution in [0.5, 0.6) is 5.75 Å². The summed E-state index contributed by atoms with van der Waals surface area (Å²) in [5, 5.41) is 10.1. The number of hydrogen-bond acceptors (Lipinski definition) is 1. The van der Waals surface area contributed by atoms with E-state index in [0.29, 0.717) is 10.8 Å². The highest BCUT2D eigenvalue weighted by atomic mass is 35.5. The van der Waals surface area contributed by atoms with Gasteiger partial charge in [0.25, 0.3) is 0 Å². The van der Waals surface area contributed by atoms with E-state index in [1.807, 2.05) is 13.0 Å². The van der Waals surface area contributed by atoms with Gasteiger partial charge in [0, 0.05) is 5.02 Å². The number of aromatic hydroxyl groups is 1. The Morgan fingerprint density at radius 3 is 2.58 bits per heavy atom. The van der Waals surface area contributed by atoms with Crippen molar-refractivity contribution < 1.29 is 5.11 Å². The number of phenols is 1. The number of hydrogen-bond donors (Lipinski definition) is 1. The molecule has 12 heavy (non-hydrogen) atoms. The van der Waals surface area contributed by atoms with Crippen molar-refractivity contribution in [1.29, 1.82) is 0 Å². The Morgan fingerprint density at radius 1 is 1.42 bits per heavy atom. The van der Waals surface area contributed by atoms with E-state index in [-0.39, 0.29) is 0 Å². The van der Waals surface area contributed by atoms with Gasteiger partial charge in [-0.05, 0) is 36.6 Å². The van der Waals surface area contributed by atoms with Crippen molar-refractivity contribution >= 4 is 11.6 Å². The Balaban J connectivity index is 3.10. The number of halogens is 1. The fourth-order valence-electron chi connectivity index (χ4n) is 1.33. The van der Waals surface area contributed by atoms with Gasteiger partial charge >= 0.3 is 0 Å². The molecule has 0 unspecified atom stereocenters. The zero-order valence-electron chi connectivity index (χ0n) is 7.39. The Kier molecular flexibility index (Phi) is 2.99. The van der Waals surface area contributed by atoms with Crippen molar-refractivity contribution in [1.82, 2.24) is 0 Å². The van der Waals surface area contributed by atoms with Gasteiger partial charge in [-0.1, -0.05) is 24.9 Å². The molecule has 0 atom stereocenters. The molecule has 0 saturated heterocycles. The summed E-state index contributed by atoms with van der Waals surface area (Å²) < 4.78 is 0. The summed E-state index contributed by atoms with van der Waals surface area (Å²) in [6.45, 7) is 4.06. The third-order valence-corrected chi connectivity index (χ3v) is 2.13. The molecule has 0 saturated carbocycles. The van der Waals surface area contributed by atoms with Gasteiger partial charge in [-0.3, -0.25) is 0 Å². The third kappa shape index (κ3) is 1.92. The molecule has 0 aromatic heterocycles. The first-order valence-corrected chi connectivity index (χ1v) is 4.51. The highest BCUT2D eigenvalue weighted by Gasteiger charge is 2.04. The lowest BCUT2D eigenvalue weighted by molar-refractivity contribution is 0.467. The van der Waals surface area contributed by atoms with Gasteiger partial charge in [0.2, 0.25) is 0 Å². The number of benzene rings is 1. The molecule has 0 aliphatic carbocycles. The second-order valence-electron chi connectivity index (χ2n) is 2.97. The predicted molar refractivity (Wildman–Crippen MR) is 51.8 cm³/mol. The summed E-state index contributed by atoms with van der Waals surface area (Å²) in [4.78, 5) is 0. The summed E-state index contributed by atoms with van der Waals surface area (Å²) in [7, 11) is 0. The highest BCUT2D eigenvalue weighted by molar-refractivity contribution is 6.30. The largest absolute Gasteiger partial charge is 0.508 e. The van der Waals surface area contributed by atoms with Crippen LogP contribution >= 0.6 is 11.6 Å². The molecule has 0 fully saturated rings. The van der Waals surface area contributed by atoms with Gasteiger partial charge in [0.05, 0.1) is 0 Å². The van der Waals surface area contributed by atoms with E-state index in [9.17, 15) is 5.11 Å². The summed E-state index contributed by atoms with van der Waals surface area (Å²) in [6.07, 6.45) is 1.95. The minimum absolute atomic E-state index is 0.321. The van der Waals surface area contributed by atoms with Crippen LogP contribution in [-0.4, -0.2) is 5.11 Å². The lowest BCUT2D eigenvalue weighted by Crippen LogP contribution is -1.89. The monoisotopic (exact) mass is 184 g/mol. The maximum Gasteiger partial charge on any atom is 0.120 e. The molecule has 1 aromatic rings. The molecule has 2 heteroatoms. The molecule has 1 aromatic carbocycles. The number of phenolic OH excluding ortho intramolecular Hbond substituents is 1. The summed E-state index contributed by atoms with van der Waals surface area (Å²) in [6, 6.07) is 3.48. The Hall–Kier alpha value is -0.690. The van der Waals surface area contributed by atoms with Crippen LogP contribution in [0.1, 0.15) is 24.5 Å². The quantitative estimate of drug-likeness (QED) is 0.748. The van der Waals surface area contributed by atoms with Crippen LogP contribution in [0, 0.1) is 6.92 Å². The van der Waals surface area contributed by atoms with E-state index in [1.165, 1.54) is 0 Å². The zero-order valence-corrected chi connectivity index (χ0v) is 8.15. The van der Waals surface area contributed by atoms with E-state index in [1.54, 1.807) is 6.07 Å². The van der Waals surface area contributed by atoms with Crippen molar-refractivity contribution in [3.63, 3.8) is 0 Å². The molecule has 0 aliphatic heterocycles. The average molecular weight is 185 g/mol. The first kappa shape index (κ1) is 9.40. The van der Waals surface area contributed by atoms with Crippen molar-refractivity contribution in [2.45, 2.75) is 26.7 Å². The highest BCUT2D eigenvalue weighted by Crippen LogP contribution is 2.26. The van der Waals surface area contributed by atoms with E-state index in [0.717, 1.165) is 24.0 Å². The Labute approximate surface area is 78.0 Å². The lowest BCUT2D eigenvalue weighted by atomic mass is 10.0. The summed E-state index contributed by atoms with van der Waals surface area (Å²) in [5.41, 5.74) is 2.09. The molecule has 1 N–H and O–H groups in total. The van der Waals surface area contributed by atoms with Gasteiger partial charge in [0.1, 0.15) is 5.75 Å². The first-order chi connectivity index (χ1) is 5.65. The maximum atomic E-state index is 9.52. The van der Waals surface area contributed by atoms with E-state index < -0.39 is 0 Å². The maximum absolute atomic E-state index is 9.52. The molecule has 0 spiro atoms. The first-order valence-electron chi connectivity index (χ1n) is 4.13. The smallest absolute Gasteiger partial charge is 0.120 e. The molecular formula is C10H13ClO. The van der Waals surface area contributed by atoms with Crippen LogP contribution in [0.2, 0.25) is 5.02 Å². The Morgan fingerprint density at radius 2 is 2.08 bits per heavy atom. The third-order valence-electron chi connectivity index (χ3n) is 1.91. The SMILES string of the molecule is CCCc1c(C)cc(Cl)cc1O. The fourth-order valence-corrected chi connectivity index (χ4v) is 1.60. The van der Waals surface area contributed by atoms with Crippen molar-refractivity contribution in [2.75, 3.05) is 0 Å². The minimum atomic E-state index is 0.321. The van der Waals surface area contributed by atoms with Crippen LogP contribution in [0.3, 0.4) is 0 Å². The zero-order chi connectivity index (χ0) is 9.14. The average Bonchev–Trinajstić information content (AvgIpc) is 1.96. The molecule has 0 radical (unpaired) electrons. The molecule has 0 heterocycles. The lowest BCUT2D eigenvalue weighted by Gasteiger charge is -2.07. The normalized spacial score (nSPS) is 10.2. The van der Waals surface area contributed by atoms with Gasteiger partial charge in [-0.15, -0.1) is 0 Å². The van der Waals surface area contributed by atoms with Crippen LogP contribution in [0.15, 0.2) is 12.1 Å². The van der Waals surface area contributed by atoms with Crippen molar-refractivity contribution in [2.24, 2.45) is 0 Å². The summed E-state index contributed by atoms with van der Waals surface area (Å²) in [5.74, 6) is 0.321. The van der Waals surface area contributed by atoms with Gasteiger partial charge in [-0.25, -0.2) is 0 Å². The topological polar surface area (TPSA) is 20.2 Å². The molecule has 1 rings (SSSR count). The van der Waals surface area contributed by atoms with Crippen LogP contribution in [0.25, 0.3) is 0 Å².